The first-order valence-electron chi connectivity index (χ1n) is 8.65. The molecule has 1 aromatic rings. The maximum Gasteiger partial charge on any atom is 0.223 e. The lowest BCUT2D eigenvalue weighted by Crippen LogP contribution is -2.40. The summed E-state index contributed by atoms with van der Waals surface area (Å²) in [4.78, 5) is 18.6. The number of pyridine rings is 1. The van der Waals surface area contributed by atoms with E-state index in [0.717, 1.165) is 51.1 Å². The zero-order valence-electron chi connectivity index (χ0n) is 13.5. The molecule has 1 aliphatic heterocycles. The second-order valence-corrected chi connectivity index (χ2v) is 6.64. The number of hydrogen-bond acceptors (Lipinski definition) is 4. The summed E-state index contributed by atoms with van der Waals surface area (Å²) < 4.78 is 0. The molecule has 1 saturated heterocycles. The third-order valence-electron chi connectivity index (χ3n) is 5.11. The molecule has 2 aliphatic rings. The van der Waals surface area contributed by atoms with Crippen molar-refractivity contribution < 1.29 is 4.79 Å². The van der Waals surface area contributed by atoms with E-state index in [1.54, 1.807) is 12.3 Å². The van der Waals surface area contributed by atoms with E-state index in [1.807, 2.05) is 6.07 Å². The Labute approximate surface area is 137 Å². The number of carbonyl (C=O) groups excluding carboxylic acids is 1. The highest BCUT2D eigenvalue weighted by molar-refractivity contribution is 5.78. The smallest absolute Gasteiger partial charge is 0.223 e. The topological polar surface area (TPSA) is 69.0 Å². The van der Waals surface area contributed by atoms with Gasteiger partial charge in [0, 0.05) is 31.7 Å². The fourth-order valence-electron chi connectivity index (χ4n) is 3.66. The van der Waals surface area contributed by atoms with Crippen molar-refractivity contribution in [1.29, 1.82) is 5.26 Å². The van der Waals surface area contributed by atoms with E-state index in [0.29, 0.717) is 11.5 Å². The number of nitriles is 1. The van der Waals surface area contributed by atoms with Crippen molar-refractivity contribution in [2.75, 3.05) is 24.5 Å². The number of nitrogens with zero attached hydrogens (tertiary/aromatic N) is 3. The molecule has 0 atom stereocenters. The number of aromatic nitrogens is 1. The number of hydrogen-bond donors (Lipinski definition) is 1. The van der Waals surface area contributed by atoms with E-state index in [4.69, 9.17) is 0 Å². The molecule has 23 heavy (non-hydrogen) atoms. The Morgan fingerprint density at radius 3 is 2.74 bits per heavy atom. The van der Waals surface area contributed by atoms with Crippen molar-refractivity contribution in [3.63, 3.8) is 0 Å². The number of nitrogens with one attached hydrogen (secondary N) is 1. The normalized spacial score (nSPS) is 19.5. The Balaban J connectivity index is 1.47. The van der Waals surface area contributed by atoms with Gasteiger partial charge in [0.05, 0.1) is 5.56 Å². The summed E-state index contributed by atoms with van der Waals surface area (Å²) in [5, 5.41) is 12.3. The van der Waals surface area contributed by atoms with E-state index in [2.05, 4.69) is 21.3 Å². The molecule has 2 heterocycles. The predicted octanol–water partition coefficient (Wildman–Crippen LogP) is 2.48. The molecular weight excluding hydrogens is 288 g/mol. The minimum absolute atomic E-state index is 0.251. The summed E-state index contributed by atoms with van der Waals surface area (Å²) in [7, 11) is 0. The molecule has 122 valence electrons. The Kier molecular flexibility index (Phi) is 5.12. The molecule has 1 aromatic heterocycles. The van der Waals surface area contributed by atoms with Gasteiger partial charge in [0.2, 0.25) is 5.91 Å². The molecule has 0 radical (unpaired) electrons. The van der Waals surface area contributed by atoms with Gasteiger partial charge in [0.1, 0.15) is 11.9 Å². The predicted molar refractivity (Wildman–Crippen MR) is 88.9 cm³/mol. The molecule has 5 nitrogen and oxygen atoms in total. The van der Waals surface area contributed by atoms with E-state index in [1.165, 1.54) is 12.8 Å². The molecule has 1 saturated carbocycles. The highest BCUT2D eigenvalue weighted by atomic mass is 16.1. The minimum Gasteiger partial charge on any atom is -0.356 e. The fraction of sp³-hybridized carbons (Fsp3) is 0.611. The number of amides is 1. The van der Waals surface area contributed by atoms with Gasteiger partial charge >= 0.3 is 0 Å². The van der Waals surface area contributed by atoms with Crippen LogP contribution in [0.5, 0.6) is 0 Å². The Morgan fingerprint density at radius 2 is 2.04 bits per heavy atom. The molecule has 0 aromatic carbocycles. The van der Waals surface area contributed by atoms with Crippen LogP contribution in [0.1, 0.15) is 44.1 Å². The molecule has 5 heteroatoms. The third kappa shape index (κ3) is 3.82. The second kappa shape index (κ2) is 7.45. The highest BCUT2D eigenvalue weighted by Gasteiger charge is 2.25. The lowest BCUT2D eigenvalue weighted by molar-refractivity contribution is -0.125. The van der Waals surface area contributed by atoms with Crippen LogP contribution >= 0.6 is 0 Å². The lowest BCUT2D eigenvalue weighted by atomic mass is 9.96. The summed E-state index contributed by atoms with van der Waals surface area (Å²) in [6.45, 7) is 2.59. The van der Waals surface area contributed by atoms with E-state index < -0.39 is 0 Å². The number of piperidine rings is 1. The van der Waals surface area contributed by atoms with Crippen LogP contribution in [-0.4, -0.2) is 30.5 Å². The molecule has 3 rings (SSSR count). The summed E-state index contributed by atoms with van der Waals surface area (Å²) >= 11 is 0. The SMILES string of the molecule is N#Cc1cccnc1N1CCC(CNC(=O)C2CCCC2)CC1. The van der Waals surface area contributed by atoms with Crippen molar-refractivity contribution >= 4 is 11.7 Å². The molecule has 2 fully saturated rings. The Bertz CT molecular complexity index is 581. The minimum atomic E-state index is 0.251. The van der Waals surface area contributed by atoms with Gasteiger partial charge in [-0.3, -0.25) is 4.79 Å². The van der Waals surface area contributed by atoms with Crippen molar-refractivity contribution in [2.45, 2.75) is 38.5 Å². The van der Waals surface area contributed by atoms with Crippen LogP contribution in [0.3, 0.4) is 0 Å². The summed E-state index contributed by atoms with van der Waals surface area (Å²) in [5.74, 6) is 1.83. The largest absolute Gasteiger partial charge is 0.356 e. The van der Waals surface area contributed by atoms with E-state index in [9.17, 15) is 10.1 Å². The van der Waals surface area contributed by atoms with Gasteiger partial charge < -0.3 is 10.2 Å². The molecule has 0 bridgehead atoms. The average Bonchev–Trinajstić information content (AvgIpc) is 3.15. The number of rotatable bonds is 4. The highest BCUT2D eigenvalue weighted by Crippen LogP contribution is 2.26. The van der Waals surface area contributed by atoms with Crippen molar-refractivity contribution in [1.82, 2.24) is 10.3 Å². The lowest BCUT2D eigenvalue weighted by Gasteiger charge is -2.33. The van der Waals surface area contributed by atoms with Crippen LogP contribution in [0.15, 0.2) is 18.3 Å². The molecule has 0 unspecified atom stereocenters. The van der Waals surface area contributed by atoms with Crippen molar-refractivity contribution in [2.24, 2.45) is 11.8 Å². The van der Waals surface area contributed by atoms with Gasteiger partial charge in [0.25, 0.3) is 0 Å². The van der Waals surface area contributed by atoms with Gasteiger partial charge in [-0.1, -0.05) is 12.8 Å². The average molecular weight is 312 g/mol. The fourth-order valence-corrected chi connectivity index (χ4v) is 3.66. The van der Waals surface area contributed by atoms with Gasteiger partial charge in [-0.15, -0.1) is 0 Å². The van der Waals surface area contributed by atoms with E-state index >= 15 is 0 Å². The van der Waals surface area contributed by atoms with Crippen LogP contribution in [0.2, 0.25) is 0 Å². The van der Waals surface area contributed by atoms with Gasteiger partial charge in [0.15, 0.2) is 0 Å². The van der Waals surface area contributed by atoms with Gasteiger partial charge in [-0.25, -0.2) is 4.98 Å². The molecule has 1 N–H and O–H groups in total. The summed E-state index contributed by atoms with van der Waals surface area (Å²) in [6.07, 6.45) is 8.31. The van der Waals surface area contributed by atoms with Crippen molar-refractivity contribution in [3.8, 4) is 6.07 Å². The standard InChI is InChI=1S/C18H24N4O/c19-12-16-6-3-9-20-17(16)22-10-7-14(8-11-22)13-21-18(23)15-4-1-2-5-15/h3,6,9,14-15H,1-2,4-5,7-8,10-11,13H2,(H,21,23). The number of anilines is 1. The summed E-state index contributed by atoms with van der Waals surface area (Å²) in [6, 6.07) is 5.83. The Morgan fingerprint density at radius 1 is 1.30 bits per heavy atom. The molecule has 0 spiro atoms. The molecule has 1 amide bonds. The first-order chi connectivity index (χ1) is 11.3. The third-order valence-corrected chi connectivity index (χ3v) is 5.11. The zero-order chi connectivity index (χ0) is 16.1. The molecule has 1 aliphatic carbocycles. The quantitative estimate of drug-likeness (QED) is 0.927. The van der Waals surface area contributed by atoms with Crippen LogP contribution in [-0.2, 0) is 4.79 Å². The number of carbonyl (C=O) groups is 1. The van der Waals surface area contributed by atoms with Crippen molar-refractivity contribution in [3.05, 3.63) is 23.9 Å². The van der Waals surface area contributed by atoms with Gasteiger partial charge in [-0.2, -0.15) is 5.26 Å². The monoisotopic (exact) mass is 312 g/mol. The van der Waals surface area contributed by atoms with E-state index in [-0.39, 0.29) is 11.8 Å². The molecular formula is C18H24N4O. The maximum absolute atomic E-state index is 12.1. The zero-order valence-corrected chi connectivity index (χ0v) is 13.5. The summed E-state index contributed by atoms with van der Waals surface area (Å²) in [5.41, 5.74) is 0.639. The van der Waals surface area contributed by atoms with Crippen LogP contribution in [0.25, 0.3) is 0 Å². The van der Waals surface area contributed by atoms with Crippen LogP contribution in [0.4, 0.5) is 5.82 Å². The van der Waals surface area contributed by atoms with Gasteiger partial charge in [-0.05, 0) is 43.7 Å². The maximum atomic E-state index is 12.1. The van der Waals surface area contributed by atoms with Crippen LogP contribution < -0.4 is 10.2 Å². The second-order valence-electron chi connectivity index (χ2n) is 6.64. The first kappa shape index (κ1) is 15.8. The Hall–Kier alpha value is -2.09. The first-order valence-corrected chi connectivity index (χ1v) is 8.65. The van der Waals surface area contributed by atoms with Crippen LogP contribution in [0, 0.1) is 23.2 Å².